The first-order chi connectivity index (χ1) is 8.16. The Morgan fingerprint density at radius 1 is 1.29 bits per heavy atom. The Morgan fingerprint density at radius 2 is 2.12 bits per heavy atom. The van der Waals surface area contributed by atoms with Crippen molar-refractivity contribution in [2.45, 2.75) is 32.6 Å². The summed E-state index contributed by atoms with van der Waals surface area (Å²) in [5, 5.41) is 4.23. The van der Waals surface area contributed by atoms with E-state index in [-0.39, 0.29) is 5.69 Å². The largest absolute Gasteiger partial charge is 0.276 e. The summed E-state index contributed by atoms with van der Waals surface area (Å²) in [4.78, 5) is 0. The minimum atomic E-state index is -0.613. The van der Waals surface area contributed by atoms with Gasteiger partial charge in [0.15, 0.2) is 5.82 Å². The Morgan fingerprint density at radius 3 is 2.82 bits per heavy atom. The quantitative estimate of drug-likeness (QED) is 0.775. The van der Waals surface area contributed by atoms with Crippen molar-refractivity contribution in [2.75, 3.05) is 5.43 Å². The molecule has 1 N–H and O–H groups in total. The Balaban J connectivity index is 2.08. The van der Waals surface area contributed by atoms with E-state index in [9.17, 15) is 8.78 Å². The Bertz CT molecular complexity index is 429. The molecule has 1 fully saturated rings. The van der Waals surface area contributed by atoms with Crippen molar-refractivity contribution in [1.82, 2.24) is 0 Å². The van der Waals surface area contributed by atoms with Crippen LogP contribution in [0.2, 0.25) is 0 Å². The minimum absolute atomic E-state index is 0.219. The van der Waals surface area contributed by atoms with Gasteiger partial charge in [0.05, 0.1) is 5.69 Å². The highest BCUT2D eigenvalue weighted by molar-refractivity contribution is 5.87. The predicted octanol–water partition coefficient (Wildman–Crippen LogP) is 3.94. The van der Waals surface area contributed by atoms with Crippen LogP contribution in [0.4, 0.5) is 14.5 Å². The van der Waals surface area contributed by atoms with Crippen molar-refractivity contribution in [3.05, 3.63) is 29.8 Å². The zero-order chi connectivity index (χ0) is 12.3. The molecule has 0 aromatic heterocycles. The standard InChI is InChI=1S/C13H16F2N2/c1-9-4-2-3-5-12(9)16-17-13-7-6-10(14)8-11(13)15/h6-9,17H,2-5H2,1H3/b16-12-/t9-/m1/s1. The molecule has 92 valence electrons. The highest BCUT2D eigenvalue weighted by atomic mass is 19.1. The second kappa shape index (κ2) is 5.25. The zero-order valence-electron chi connectivity index (χ0n) is 9.84. The third kappa shape index (κ3) is 3.02. The molecule has 0 saturated heterocycles. The van der Waals surface area contributed by atoms with Crippen LogP contribution in [0.25, 0.3) is 0 Å². The fourth-order valence-corrected chi connectivity index (χ4v) is 2.05. The molecule has 1 aromatic rings. The maximum absolute atomic E-state index is 13.3. The molecule has 0 aliphatic heterocycles. The second-order valence-corrected chi connectivity index (χ2v) is 4.49. The van der Waals surface area contributed by atoms with Gasteiger partial charge < -0.3 is 0 Å². The number of anilines is 1. The van der Waals surface area contributed by atoms with Gasteiger partial charge in [-0.2, -0.15) is 5.10 Å². The normalized spacial score (nSPS) is 22.8. The third-order valence-corrected chi connectivity index (χ3v) is 3.14. The Hall–Kier alpha value is -1.45. The number of hydrogen-bond donors (Lipinski definition) is 1. The van der Waals surface area contributed by atoms with Crippen LogP contribution in [0, 0.1) is 17.6 Å². The van der Waals surface area contributed by atoms with Gasteiger partial charge in [-0.05, 0) is 37.3 Å². The molecule has 1 aliphatic carbocycles. The minimum Gasteiger partial charge on any atom is -0.276 e. The first kappa shape index (κ1) is 12.0. The second-order valence-electron chi connectivity index (χ2n) is 4.49. The van der Waals surface area contributed by atoms with Crippen LogP contribution in [0.15, 0.2) is 23.3 Å². The Labute approximate surface area is 99.7 Å². The summed E-state index contributed by atoms with van der Waals surface area (Å²) >= 11 is 0. The van der Waals surface area contributed by atoms with Crippen LogP contribution in [0.5, 0.6) is 0 Å². The molecule has 0 radical (unpaired) electrons. The third-order valence-electron chi connectivity index (χ3n) is 3.14. The smallest absolute Gasteiger partial charge is 0.151 e. The van der Waals surface area contributed by atoms with Crippen molar-refractivity contribution in [3.8, 4) is 0 Å². The molecular weight excluding hydrogens is 222 g/mol. The van der Waals surface area contributed by atoms with Crippen molar-refractivity contribution in [2.24, 2.45) is 11.0 Å². The van der Waals surface area contributed by atoms with Gasteiger partial charge in [-0.25, -0.2) is 8.78 Å². The molecular formula is C13H16F2N2. The fourth-order valence-electron chi connectivity index (χ4n) is 2.05. The Kier molecular flexibility index (Phi) is 3.71. The van der Waals surface area contributed by atoms with Gasteiger partial charge in [0.25, 0.3) is 0 Å². The monoisotopic (exact) mass is 238 g/mol. The van der Waals surface area contributed by atoms with E-state index in [1.54, 1.807) is 0 Å². The van der Waals surface area contributed by atoms with Crippen LogP contribution < -0.4 is 5.43 Å². The topological polar surface area (TPSA) is 24.4 Å². The average Bonchev–Trinajstić information content (AvgIpc) is 2.30. The summed E-state index contributed by atoms with van der Waals surface area (Å²) < 4.78 is 26.0. The van der Waals surface area contributed by atoms with E-state index in [4.69, 9.17) is 0 Å². The molecule has 2 rings (SSSR count). The van der Waals surface area contributed by atoms with E-state index in [0.29, 0.717) is 5.92 Å². The fraction of sp³-hybridized carbons (Fsp3) is 0.462. The van der Waals surface area contributed by atoms with Crippen molar-refractivity contribution in [1.29, 1.82) is 0 Å². The number of benzene rings is 1. The van der Waals surface area contributed by atoms with Gasteiger partial charge in [-0.3, -0.25) is 5.43 Å². The molecule has 1 aliphatic rings. The van der Waals surface area contributed by atoms with E-state index in [1.807, 2.05) is 0 Å². The molecule has 0 unspecified atom stereocenters. The van der Waals surface area contributed by atoms with Crippen LogP contribution in [0.1, 0.15) is 32.6 Å². The summed E-state index contributed by atoms with van der Waals surface area (Å²) in [6, 6.07) is 3.44. The average molecular weight is 238 g/mol. The summed E-state index contributed by atoms with van der Waals surface area (Å²) in [6.07, 6.45) is 4.45. The first-order valence-electron chi connectivity index (χ1n) is 5.94. The van der Waals surface area contributed by atoms with E-state index < -0.39 is 11.6 Å². The first-order valence-corrected chi connectivity index (χ1v) is 5.94. The zero-order valence-corrected chi connectivity index (χ0v) is 9.84. The molecule has 4 heteroatoms. The summed E-state index contributed by atoms with van der Waals surface area (Å²) in [7, 11) is 0. The van der Waals surface area contributed by atoms with Crippen molar-refractivity contribution in [3.63, 3.8) is 0 Å². The van der Waals surface area contributed by atoms with Gasteiger partial charge in [0, 0.05) is 11.8 Å². The lowest BCUT2D eigenvalue weighted by atomic mass is 9.89. The van der Waals surface area contributed by atoms with Crippen molar-refractivity contribution >= 4 is 11.4 Å². The van der Waals surface area contributed by atoms with Crippen LogP contribution in [-0.2, 0) is 0 Å². The molecule has 1 aromatic carbocycles. The van der Waals surface area contributed by atoms with Gasteiger partial charge in [-0.15, -0.1) is 0 Å². The highest BCUT2D eigenvalue weighted by Crippen LogP contribution is 2.22. The summed E-state index contributed by atoms with van der Waals surface area (Å²) in [5.41, 5.74) is 3.98. The highest BCUT2D eigenvalue weighted by Gasteiger charge is 2.15. The molecule has 0 heterocycles. The number of halogens is 2. The van der Waals surface area contributed by atoms with Crippen LogP contribution in [0.3, 0.4) is 0 Å². The van der Waals surface area contributed by atoms with Gasteiger partial charge in [0.1, 0.15) is 5.82 Å². The lowest BCUT2D eigenvalue weighted by molar-refractivity contribution is 0.558. The van der Waals surface area contributed by atoms with Gasteiger partial charge >= 0.3 is 0 Å². The van der Waals surface area contributed by atoms with E-state index >= 15 is 0 Å². The molecule has 0 spiro atoms. The number of nitrogens with zero attached hydrogens (tertiary/aromatic N) is 1. The molecule has 1 atom stereocenters. The predicted molar refractivity (Wildman–Crippen MR) is 65.0 cm³/mol. The van der Waals surface area contributed by atoms with Gasteiger partial charge in [0.2, 0.25) is 0 Å². The van der Waals surface area contributed by atoms with Crippen LogP contribution in [-0.4, -0.2) is 5.71 Å². The molecule has 2 nitrogen and oxygen atoms in total. The molecule has 17 heavy (non-hydrogen) atoms. The van der Waals surface area contributed by atoms with Gasteiger partial charge in [-0.1, -0.05) is 13.3 Å². The number of hydrazone groups is 1. The number of hydrogen-bond acceptors (Lipinski definition) is 2. The summed E-state index contributed by atoms with van der Waals surface area (Å²) in [6.45, 7) is 2.13. The maximum atomic E-state index is 13.3. The maximum Gasteiger partial charge on any atom is 0.151 e. The SMILES string of the molecule is C[C@@H]1CCCC/C1=N/Nc1ccc(F)cc1F. The molecule has 0 bridgehead atoms. The van der Waals surface area contributed by atoms with E-state index in [2.05, 4.69) is 17.5 Å². The molecule has 1 saturated carbocycles. The number of rotatable bonds is 2. The van der Waals surface area contributed by atoms with Crippen molar-refractivity contribution < 1.29 is 8.78 Å². The number of nitrogens with one attached hydrogen (secondary N) is 1. The lowest BCUT2D eigenvalue weighted by Gasteiger charge is -2.20. The molecule has 0 amide bonds. The summed E-state index contributed by atoms with van der Waals surface area (Å²) in [5.74, 6) is -0.746. The van der Waals surface area contributed by atoms with E-state index in [0.717, 1.165) is 31.0 Å². The lowest BCUT2D eigenvalue weighted by Crippen LogP contribution is -2.17. The van der Waals surface area contributed by atoms with Crippen LogP contribution >= 0.6 is 0 Å². The van der Waals surface area contributed by atoms with E-state index in [1.165, 1.54) is 18.6 Å².